The van der Waals surface area contributed by atoms with Gasteiger partial charge in [0.15, 0.2) is 15.0 Å². The predicted molar refractivity (Wildman–Crippen MR) is 145 cm³/mol. The maximum Gasteiger partial charge on any atom is 0.408 e. The first-order valence-electron chi connectivity index (χ1n) is 11.9. The maximum absolute atomic E-state index is 13.5. The number of hydrogen-bond acceptors (Lipinski definition) is 7. The Balaban J connectivity index is 1.67. The Morgan fingerprint density at radius 3 is 2.46 bits per heavy atom. The van der Waals surface area contributed by atoms with Crippen LogP contribution in [0.5, 0.6) is 5.75 Å². The van der Waals surface area contributed by atoms with Gasteiger partial charge in [-0.3, -0.25) is 4.79 Å². The Kier molecular flexibility index (Phi) is 7.84. The summed E-state index contributed by atoms with van der Waals surface area (Å²) in [6.07, 6.45) is -0.499. The number of nitrogens with one attached hydrogen (secondary N) is 1. The number of sulfone groups is 1. The van der Waals surface area contributed by atoms with Crippen LogP contribution in [0.4, 0.5) is 10.5 Å². The summed E-state index contributed by atoms with van der Waals surface area (Å²) in [4.78, 5) is 32.3. The van der Waals surface area contributed by atoms with Crippen molar-refractivity contribution < 1.29 is 27.5 Å². The monoisotopic (exact) mass is 545 g/mol. The molecule has 37 heavy (non-hydrogen) atoms. The van der Waals surface area contributed by atoms with Gasteiger partial charge in [0.2, 0.25) is 0 Å². The standard InChI is InChI=1S/C26H31N3O6S2/c1-26(2,3)35-25(31)27-18(14-17-10-6-5-7-11-17)23(30)28-24-29(19-12-8-9-13-21(19)34-4)20-15-37(32,33)16-22(20)36-24/h5-13,18,20,22H,14-16H2,1-4H3,(H,27,31)/t18-,20+,22+/m0/s1. The molecule has 2 saturated heterocycles. The van der Waals surface area contributed by atoms with E-state index in [9.17, 15) is 18.0 Å². The Labute approximate surface area is 221 Å². The van der Waals surface area contributed by atoms with Crippen LogP contribution in [0, 0.1) is 0 Å². The summed E-state index contributed by atoms with van der Waals surface area (Å²) in [6, 6.07) is 15.2. The molecule has 2 heterocycles. The second-order valence-electron chi connectivity index (χ2n) is 9.96. The molecule has 4 rings (SSSR count). The van der Waals surface area contributed by atoms with Gasteiger partial charge in [0.1, 0.15) is 17.4 Å². The van der Waals surface area contributed by atoms with E-state index in [2.05, 4.69) is 10.3 Å². The van der Waals surface area contributed by atoms with E-state index < -0.39 is 33.5 Å². The molecule has 2 amide bonds. The zero-order valence-electron chi connectivity index (χ0n) is 21.2. The van der Waals surface area contributed by atoms with Crippen molar-refractivity contribution in [2.45, 2.75) is 50.1 Å². The Bertz CT molecular complexity index is 1290. The van der Waals surface area contributed by atoms with Crippen LogP contribution in [-0.2, 0) is 25.8 Å². The molecule has 198 valence electrons. The molecule has 0 aliphatic carbocycles. The fourth-order valence-electron chi connectivity index (χ4n) is 4.35. The molecule has 2 aromatic carbocycles. The summed E-state index contributed by atoms with van der Waals surface area (Å²) in [6.45, 7) is 5.23. The highest BCUT2D eigenvalue weighted by Crippen LogP contribution is 2.43. The molecule has 2 aliphatic rings. The number of ether oxygens (including phenoxy) is 2. The van der Waals surface area contributed by atoms with Crippen LogP contribution in [0.25, 0.3) is 0 Å². The predicted octanol–water partition coefficient (Wildman–Crippen LogP) is 3.43. The van der Waals surface area contributed by atoms with Crippen molar-refractivity contribution in [1.82, 2.24) is 5.32 Å². The number of anilines is 1. The van der Waals surface area contributed by atoms with Gasteiger partial charge in [0, 0.05) is 11.7 Å². The number of rotatable bonds is 6. The van der Waals surface area contributed by atoms with Gasteiger partial charge in [0.05, 0.1) is 30.3 Å². The third-order valence-electron chi connectivity index (χ3n) is 5.89. The van der Waals surface area contributed by atoms with Gasteiger partial charge in [-0.05, 0) is 38.5 Å². The quantitative estimate of drug-likeness (QED) is 0.587. The van der Waals surface area contributed by atoms with Crippen molar-refractivity contribution in [1.29, 1.82) is 0 Å². The molecule has 0 bridgehead atoms. The molecule has 0 saturated carbocycles. The molecular formula is C26H31N3O6S2. The van der Waals surface area contributed by atoms with Gasteiger partial charge in [-0.2, -0.15) is 4.99 Å². The van der Waals surface area contributed by atoms with E-state index >= 15 is 0 Å². The van der Waals surface area contributed by atoms with Crippen molar-refractivity contribution in [2.75, 3.05) is 23.5 Å². The summed E-state index contributed by atoms with van der Waals surface area (Å²) in [7, 11) is -1.69. The van der Waals surface area contributed by atoms with Crippen LogP contribution >= 0.6 is 11.8 Å². The van der Waals surface area contributed by atoms with E-state index in [0.717, 1.165) is 5.56 Å². The van der Waals surface area contributed by atoms with Crippen molar-refractivity contribution >= 4 is 44.5 Å². The number of hydrogen-bond donors (Lipinski definition) is 1. The number of fused-ring (bicyclic) bond motifs is 1. The van der Waals surface area contributed by atoms with Crippen LogP contribution in [0.1, 0.15) is 26.3 Å². The van der Waals surface area contributed by atoms with E-state index in [1.807, 2.05) is 48.5 Å². The molecule has 1 N–H and O–H groups in total. The fraction of sp³-hybridized carbons (Fsp3) is 0.423. The molecule has 0 aromatic heterocycles. The van der Waals surface area contributed by atoms with E-state index in [1.165, 1.54) is 18.9 Å². The minimum atomic E-state index is -3.22. The highest BCUT2D eigenvalue weighted by Gasteiger charge is 2.50. The highest BCUT2D eigenvalue weighted by atomic mass is 32.2. The lowest BCUT2D eigenvalue weighted by atomic mass is 10.1. The SMILES string of the molecule is COc1ccccc1N1C(=NC(=O)[C@H](Cc2ccccc2)NC(=O)OC(C)(C)C)S[C@@H]2CS(=O)(=O)C[C@H]21. The van der Waals surface area contributed by atoms with E-state index in [4.69, 9.17) is 9.47 Å². The summed E-state index contributed by atoms with van der Waals surface area (Å²) in [5.74, 6) is -0.0505. The highest BCUT2D eigenvalue weighted by molar-refractivity contribution is 8.16. The Morgan fingerprint density at radius 1 is 1.11 bits per heavy atom. The Hall–Kier alpha value is -3.05. The number of carbonyl (C=O) groups is 2. The number of methoxy groups -OCH3 is 1. The number of alkyl carbamates (subject to hydrolysis) is 1. The van der Waals surface area contributed by atoms with Crippen molar-refractivity contribution in [2.24, 2.45) is 4.99 Å². The number of benzene rings is 2. The van der Waals surface area contributed by atoms with Crippen molar-refractivity contribution in [3.63, 3.8) is 0 Å². The van der Waals surface area contributed by atoms with Crippen LogP contribution in [0.2, 0.25) is 0 Å². The third-order valence-corrected chi connectivity index (χ3v) is 9.10. The number of amides is 2. The van der Waals surface area contributed by atoms with Crippen molar-refractivity contribution in [3.8, 4) is 5.75 Å². The molecule has 2 aliphatic heterocycles. The zero-order chi connectivity index (χ0) is 26.8. The maximum atomic E-state index is 13.5. The molecule has 3 atom stereocenters. The first-order chi connectivity index (χ1) is 17.5. The Morgan fingerprint density at radius 2 is 1.78 bits per heavy atom. The van der Waals surface area contributed by atoms with Gasteiger partial charge >= 0.3 is 6.09 Å². The largest absolute Gasteiger partial charge is 0.495 e. The molecule has 2 aromatic rings. The molecule has 0 radical (unpaired) electrons. The molecule has 2 fully saturated rings. The lowest BCUT2D eigenvalue weighted by molar-refractivity contribution is -0.119. The van der Waals surface area contributed by atoms with E-state index in [1.54, 1.807) is 31.7 Å². The van der Waals surface area contributed by atoms with Crippen molar-refractivity contribution in [3.05, 3.63) is 60.2 Å². The number of aliphatic imine (C=N–C) groups is 1. The molecule has 0 unspecified atom stereocenters. The minimum absolute atomic E-state index is 0.00476. The normalized spacial score (nSPS) is 22.4. The summed E-state index contributed by atoms with van der Waals surface area (Å²) >= 11 is 1.26. The van der Waals surface area contributed by atoms with Crippen LogP contribution in [0.3, 0.4) is 0 Å². The van der Waals surface area contributed by atoms with Crippen LogP contribution in [-0.4, -0.2) is 67.1 Å². The second-order valence-corrected chi connectivity index (χ2v) is 13.3. The average molecular weight is 546 g/mol. The summed E-state index contributed by atoms with van der Waals surface area (Å²) < 4.78 is 35.7. The van der Waals surface area contributed by atoms with Gasteiger partial charge in [-0.25, -0.2) is 13.2 Å². The van der Waals surface area contributed by atoms with Gasteiger partial charge in [-0.1, -0.05) is 54.2 Å². The topological polar surface area (TPSA) is 114 Å². The molecule has 9 nitrogen and oxygen atoms in total. The number of thioether (sulfide) groups is 1. The first kappa shape index (κ1) is 27.0. The molecule has 0 spiro atoms. The molecular weight excluding hydrogens is 514 g/mol. The first-order valence-corrected chi connectivity index (χ1v) is 14.6. The average Bonchev–Trinajstić information content (AvgIpc) is 3.28. The fourth-order valence-corrected chi connectivity index (χ4v) is 8.26. The minimum Gasteiger partial charge on any atom is -0.495 e. The number of para-hydroxylation sites is 2. The third kappa shape index (κ3) is 6.64. The lowest BCUT2D eigenvalue weighted by Crippen LogP contribution is -2.45. The van der Waals surface area contributed by atoms with E-state index in [-0.39, 0.29) is 29.2 Å². The van der Waals surface area contributed by atoms with Gasteiger partial charge < -0.3 is 19.7 Å². The number of amidine groups is 1. The lowest BCUT2D eigenvalue weighted by Gasteiger charge is -2.26. The van der Waals surface area contributed by atoms with Crippen LogP contribution < -0.4 is 15.0 Å². The molecule has 11 heteroatoms. The second kappa shape index (κ2) is 10.7. The summed E-state index contributed by atoms with van der Waals surface area (Å²) in [5, 5.41) is 2.78. The number of nitrogens with zero attached hydrogens (tertiary/aromatic N) is 2. The smallest absolute Gasteiger partial charge is 0.408 e. The summed E-state index contributed by atoms with van der Waals surface area (Å²) in [5.41, 5.74) is 0.746. The van der Waals surface area contributed by atoms with E-state index in [0.29, 0.717) is 16.6 Å². The number of carbonyl (C=O) groups excluding carboxylic acids is 2. The van der Waals surface area contributed by atoms with Gasteiger partial charge in [0.25, 0.3) is 5.91 Å². The zero-order valence-corrected chi connectivity index (χ0v) is 22.8. The van der Waals surface area contributed by atoms with Crippen LogP contribution in [0.15, 0.2) is 59.6 Å². The van der Waals surface area contributed by atoms with Gasteiger partial charge in [-0.15, -0.1) is 0 Å².